The van der Waals surface area contributed by atoms with Gasteiger partial charge in [-0.2, -0.15) is 5.10 Å². The summed E-state index contributed by atoms with van der Waals surface area (Å²) >= 11 is 5.84. The summed E-state index contributed by atoms with van der Waals surface area (Å²) < 4.78 is 1.76. The molecule has 0 aliphatic carbocycles. The van der Waals surface area contributed by atoms with Crippen LogP contribution < -0.4 is 0 Å². The Morgan fingerprint density at radius 2 is 1.95 bits per heavy atom. The molecule has 2 aromatic rings. The van der Waals surface area contributed by atoms with Crippen LogP contribution in [0.25, 0.3) is 0 Å². The van der Waals surface area contributed by atoms with Crippen molar-refractivity contribution in [3.63, 3.8) is 0 Å². The minimum atomic E-state index is -0.830. The van der Waals surface area contributed by atoms with Gasteiger partial charge < -0.3 is 5.11 Å². The van der Waals surface area contributed by atoms with Gasteiger partial charge in [0.05, 0.1) is 5.92 Å². The first-order chi connectivity index (χ1) is 9.97. The van der Waals surface area contributed by atoms with Gasteiger partial charge in [-0.05, 0) is 38.0 Å². The second kappa shape index (κ2) is 6.72. The van der Waals surface area contributed by atoms with E-state index >= 15 is 0 Å². The van der Waals surface area contributed by atoms with Crippen LogP contribution in [0.1, 0.15) is 31.3 Å². The monoisotopic (exact) mass is 307 g/mol. The molecular weight excluding hydrogens is 290 g/mol. The molecular formula is C15H18ClN3O2. The molecule has 2 rings (SSSR count). The van der Waals surface area contributed by atoms with E-state index in [2.05, 4.69) is 10.1 Å². The third-order valence-electron chi connectivity index (χ3n) is 3.31. The summed E-state index contributed by atoms with van der Waals surface area (Å²) in [5, 5.41) is 14.2. The minimum Gasteiger partial charge on any atom is -0.481 e. The Bertz CT molecular complexity index is 608. The molecule has 1 atom stereocenters. The highest BCUT2D eigenvalue weighted by Gasteiger charge is 2.22. The lowest BCUT2D eigenvalue weighted by atomic mass is 9.96. The number of halogens is 1. The van der Waals surface area contributed by atoms with Crippen molar-refractivity contribution in [3.05, 3.63) is 47.0 Å². The van der Waals surface area contributed by atoms with Crippen molar-refractivity contribution in [2.24, 2.45) is 5.92 Å². The molecule has 0 fully saturated rings. The molecule has 112 valence electrons. The maximum atomic E-state index is 11.5. The fourth-order valence-electron chi connectivity index (χ4n) is 2.22. The average molecular weight is 308 g/mol. The fraction of sp³-hybridized carbons (Fsp3) is 0.400. The minimum absolute atomic E-state index is 0.160. The molecule has 0 radical (unpaired) electrons. The van der Waals surface area contributed by atoms with Gasteiger partial charge in [-0.15, -0.1) is 0 Å². The first-order valence-corrected chi connectivity index (χ1v) is 7.20. The third kappa shape index (κ3) is 4.04. The van der Waals surface area contributed by atoms with Gasteiger partial charge >= 0.3 is 5.97 Å². The first-order valence-electron chi connectivity index (χ1n) is 6.83. The maximum absolute atomic E-state index is 11.5. The zero-order chi connectivity index (χ0) is 15.4. The molecule has 0 aliphatic heterocycles. The molecule has 21 heavy (non-hydrogen) atoms. The Morgan fingerprint density at radius 1 is 1.29 bits per heavy atom. The molecule has 1 aromatic heterocycles. The summed E-state index contributed by atoms with van der Waals surface area (Å²) in [5.41, 5.74) is 0.947. The van der Waals surface area contributed by atoms with Gasteiger partial charge in [-0.1, -0.05) is 23.7 Å². The lowest BCUT2D eigenvalue weighted by molar-refractivity contribution is -0.141. The summed E-state index contributed by atoms with van der Waals surface area (Å²) in [5.74, 6) is -0.664. The molecule has 1 unspecified atom stereocenters. The standard InChI is InChI=1S/C15H18ClN3O2/c1-10(2)19-14(17-9-18-19)8-12(15(20)21)7-11-3-5-13(16)6-4-11/h3-6,9-10,12H,7-8H2,1-2H3,(H,20,21). The summed E-state index contributed by atoms with van der Waals surface area (Å²) in [6.45, 7) is 3.99. The number of hydrogen-bond acceptors (Lipinski definition) is 3. The van der Waals surface area contributed by atoms with E-state index in [0.717, 1.165) is 5.56 Å². The Balaban J connectivity index is 2.14. The molecule has 0 saturated carbocycles. The summed E-state index contributed by atoms with van der Waals surface area (Å²) in [7, 11) is 0. The molecule has 5 nitrogen and oxygen atoms in total. The molecule has 6 heteroatoms. The van der Waals surface area contributed by atoms with E-state index in [9.17, 15) is 9.90 Å². The van der Waals surface area contributed by atoms with Gasteiger partial charge in [0, 0.05) is 17.5 Å². The van der Waals surface area contributed by atoms with Crippen molar-refractivity contribution in [1.29, 1.82) is 0 Å². The summed E-state index contributed by atoms with van der Waals surface area (Å²) in [4.78, 5) is 15.7. The van der Waals surface area contributed by atoms with Crippen molar-refractivity contribution in [2.45, 2.75) is 32.7 Å². The predicted molar refractivity (Wildman–Crippen MR) is 80.4 cm³/mol. The SMILES string of the molecule is CC(C)n1ncnc1CC(Cc1ccc(Cl)cc1)C(=O)O. The topological polar surface area (TPSA) is 68.0 Å². The number of carboxylic acid groups (broad SMARTS) is 1. The van der Waals surface area contributed by atoms with Crippen LogP contribution in [0.15, 0.2) is 30.6 Å². The van der Waals surface area contributed by atoms with Gasteiger partial charge in [-0.3, -0.25) is 4.79 Å². The lowest BCUT2D eigenvalue weighted by Crippen LogP contribution is -2.22. The molecule has 1 N–H and O–H groups in total. The number of hydrogen-bond donors (Lipinski definition) is 1. The Labute approximate surface area is 128 Å². The zero-order valence-electron chi connectivity index (χ0n) is 12.0. The van der Waals surface area contributed by atoms with Crippen molar-refractivity contribution < 1.29 is 9.90 Å². The number of nitrogens with zero attached hydrogens (tertiary/aromatic N) is 3. The molecule has 1 aromatic carbocycles. The first kappa shape index (κ1) is 15.5. The van der Waals surface area contributed by atoms with Crippen molar-refractivity contribution >= 4 is 17.6 Å². The van der Waals surface area contributed by atoms with E-state index in [-0.39, 0.29) is 6.04 Å². The van der Waals surface area contributed by atoms with Gasteiger partial charge in [0.2, 0.25) is 0 Å². The van der Waals surface area contributed by atoms with Crippen molar-refractivity contribution in [2.75, 3.05) is 0 Å². The van der Waals surface area contributed by atoms with Crippen LogP contribution >= 0.6 is 11.6 Å². The van der Waals surface area contributed by atoms with E-state index in [1.165, 1.54) is 6.33 Å². The molecule has 0 amide bonds. The summed E-state index contributed by atoms with van der Waals surface area (Å²) in [6.07, 6.45) is 2.27. The Kier molecular flexibility index (Phi) is 4.96. The summed E-state index contributed by atoms with van der Waals surface area (Å²) in [6, 6.07) is 7.41. The van der Waals surface area contributed by atoms with Crippen LogP contribution in [0, 0.1) is 5.92 Å². The quantitative estimate of drug-likeness (QED) is 0.890. The highest BCUT2D eigenvalue weighted by Crippen LogP contribution is 2.17. The largest absolute Gasteiger partial charge is 0.481 e. The third-order valence-corrected chi connectivity index (χ3v) is 3.56. The van der Waals surface area contributed by atoms with Gasteiger partial charge in [0.15, 0.2) is 0 Å². The number of rotatable bonds is 6. The molecule has 1 heterocycles. The molecule has 0 aliphatic rings. The maximum Gasteiger partial charge on any atom is 0.307 e. The average Bonchev–Trinajstić information content (AvgIpc) is 2.88. The van der Waals surface area contributed by atoms with Crippen LogP contribution in [0.2, 0.25) is 5.02 Å². The second-order valence-electron chi connectivity index (χ2n) is 5.28. The molecule has 0 bridgehead atoms. The number of carboxylic acids is 1. The van der Waals surface area contributed by atoms with Crippen LogP contribution in [0.5, 0.6) is 0 Å². The van der Waals surface area contributed by atoms with Crippen molar-refractivity contribution in [3.8, 4) is 0 Å². The van der Waals surface area contributed by atoms with Gasteiger partial charge in [0.25, 0.3) is 0 Å². The van der Waals surface area contributed by atoms with Gasteiger partial charge in [-0.25, -0.2) is 9.67 Å². The second-order valence-corrected chi connectivity index (χ2v) is 5.72. The van der Waals surface area contributed by atoms with E-state index in [1.807, 2.05) is 26.0 Å². The highest BCUT2D eigenvalue weighted by atomic mass is 35.5. The van der Waals surface area contributed by atoms with Crippen LogP contribution in [-0.2, 0) is 17.6 Å². The van der Waals surface area contributed by atoms with Gasteiger partial charge in [0.1, 0.15) is 12.2 Å². The Morgan fingerprint density at radius 3 is 2.52 bits per heavy atom. The highest BCUT2D eigenvalue weighted by molar-refractivity contribution is 6.30. The van der Waals surface area contributed by atoms with Crippen LogP contribution in [0.4, 0.5) is 0 Å². The van der Waals surface area contributed by atoms with E-state index in [1.54, 1.807) is 16.8 Å². The lowest BCUT2D eigenvalue weighted by Gasteiger charge is -2.14. The number of aliphatic carboxylic acids is 1. The van der Waals surface area contributed by atoms with E-state index in [4.69, 9.17) is 11.6 Å². The molecule has 0 saturated heterocycles. The zero-order valence-corrected chi connectivity index (χ0v) is 12.8. The normalized spacial score (nSPS) is 12.6. The Hall–Kier alpha value is -1.88. The van der Waals surface area contributed by atoms with Crippen LogP contribution in [-0.4, -0.2) is 25.8 Å². The smallest absolute Gasteiger partial charge is 0.307 e. The predicted octanol–water partition coefficient (Wildman–Crippen LogP) is 3.00. The van der Waals surface area contributed by atoms with E-state index < -0.39 is 11.9 Å². The fourth-order valence-corrected chi connectivity index (χ4v) is 2.35. The van der Waals surface area contributed by atoms with Crippen LogP contribution in [0.3, 0.4) is 0 Å². The van der Waals surface area contributed by atoms with Crippen molar-refractivity contribution in [1.82, 2.24) is 14.8 Å². The number of benzene rings is 1. The molecule has 0 spiro atoms. The number of carbonyl (C=O) groups is 1. The number of aromatic nitrogens is 3. The van der Waals surface area contributed by atoms with E-state index in [0.29, 0.717) is 23.7 Å².